The monoisotopic (exact) mass is 385 g/mol. The van der Waals surface area contributed by atoms with Crippen molar-refractivity contribution in [2.45, 2.75) is 13.5 Å². The number of carbonyl (C=O) groups excluding carboxylic acids is 1. The lowest BCUT2D eigenvalue weighted by molar-refractivity contribution is -0.380. The number of carbonyl (C=O) groups is 1. The van der Waals surface area contributed by atoms with Gasteiger partial charge in [-0.3, -0.25) is 24.8 Å². The minimum Gasteiger partial charge on any atom is -0.297 e. The van der Waals surface area contributed by atoms with E-state index in [1.54, 1.807) is 6.92 Å². The van der Waals surface area contributed by atoms with Crippen LogP contribution in [0.5, 0.6) is 0 Å². The van der Waals surface area contributed by atoms with E-state index in [9.17, 15) is 23.7 Å². The lowest BCUT2D eigenvalue weighted by Crippen LogP contribution is -2.09. The Morgan fingerprint density at radius 2 is 2.16 bits per heavy atom. The van der Waals surface area contributed by atoms with Gasteiger partial charge in [-0.25, -0.2) is 9.97 Å². The number of hydrogen-bond acceptors (Lipinski definition) is 7. The third kappa shape index (κ3) is 3.39. The molecule has 0 atom stereocenters. The first kappa shape index (κ1) is 17.1. The van der Waals surface area contributed by atoms with E-state index in [1.165, 1.54) is 18.3 Å². The van der Waals surface area contributed by atoms with E-state index < -0.39 is 17.4 Å². The van der Waals surface area contributed by atoms with Crippen molar-refractivity contribution in [3.05, 3.63) is 45.2 Å². The molecule has 0 aliphatic carbocycles. The van der Waals surface area contributed by atoms with Gasteiger partial charge in [0, 0.05) is 18.5 Å². The third-order valence-electron chi connectivity index (χ3n) is 3.09. The van der Waals surface area contributed by atoms with Crippen LogP contribution in [0.2, 0.25) is 0 Å². The number of aryl methyl sites for hydroxylation is 1. The molecular formula is C13H9F2N5O3S2. The fourth-order valence-corrected chi connectivity index (χ4v) is 3.69. The molecule has 3 rings (SSSR count). The Balaban J connectivity index is 1.83. The van der Waals surface area contributed by atoms with E-state index in [4.69, 9.17) is 0 Å². The minimum atomic E-state index is -2.75. The second-order valence-corrected chi connectivity index (χ2v) is 6.78. The lowest BCUT2D eigenvalue weighted by atomic mass is 10.4. The maximum absolute atomic E-state index is 13.0. The summed E-state index contributed by atoms with van der Waals surface area (Å²) < 4.78 is 26.6. The zero-order valence-electron chi connectivity index (χ0n) is 12.5. The molecule has 0 unspecified atom stereocenters. The van der Waals surface area contributed by atoms with Crippen LogP contribution in [-0.4, -0.2) is 25.4 Å². The van der Waals surface area contributed by atoms with Gasteiger partial charge in [-0.15, -0.1) is 0 Å². The van der Waals surface area contributed by atoms with Gasteiger partial charge >= 0.3 is 11.6 Å². The van der Waals surface area contributed by atoms with Crippen LogP contribution in [-0.2, 0) is 0 Å². The van der Waals surface area contributed by atoms with Crippen molar-refractivity contribution in [3.8, 4) is 10.7 Å². The summed E-state index contributed by atoms with van der Waals surface area (Å²) in [6, 6.07) is 2.57. The van der Waals surface area contributed by atoms with E-state index in [1.807, 2.05) is 0 Å². The zero-order chi connectivity index (χ0) is 18.1. The summed E-state index contributed by atoms with van der Waals surface area (Å²) in [5.41, 5.74) is 0.436. The highest BCUT2D eigenvalue weighted by atomic mass is 32.1. The van der Waals surface area contributed by atoms with Gasteiger partial charge in [0.05, 0.1) is 20.4 Å². The quantitative estimate of drug-likeness (QED) is 0.529. The van der Waals surface area contributed by atoms with Crippen LogP contribution in [0.25, 0.3) is 10.7 Å². The van der Waals surface area contributed by atoms with Gasteiger partial charge in [0.15, 0.2) is 11.0 Å². The van der Waals surface area contributed by atoms with E-state index in [-0.39, 0.29) is 20.8 Å². The number of thiazole rings is 1. The Bertz CT molecular complexity index is 949. The van der Waals surface area contributed by atoms with Crippen LogP contribution in [0.3, 0.4) is 0 Å². The minimum absolute atomic E-state index is 0.0530. The molecule has 12 heteroatoms. The Kier molecular flexibility index (Phi) is 4.55. The van der Waals surface area contributed by atoms with E-state index in [2.05, 4.69) is 15.3 Å². The SMILES string of the molecule is Cc1nc(NC(=O)c2ccc([N+](=O)[O-])s2)sc1-c1nccn1C(F)F. The van der Waals surface area contributed by atoms with Gasteiger partial charge in [-0.05, 0) is 13.0 Å². The number of halogens is 2. The Morgan fingerprint density at radius 1 is 1.40 bits per heavy atom. The van der Waals surface area contributed by atoms with Gasteiger partial charge in [0.25, 0.3) is 5.91 Å². The molecule has 0 radical (unpaired) electrons. The standard InChI is InChI=1S/C13H9F2N5O3S2/c1-6-9(10-16-4-5-19(10)12(14)15)25-13(17-6)18-11(21)7-2-3-8(24-7)20(22)23/h2-5,12H,1H3,(H,17,18,21). The molecule has 3 aromatic rings. The predicted octanol–water partition coefficient (Wildman–Crippen LogP) is 3.93. The molecule has 3 aromatic heterocycles. The normalized spacial score (nSPS) is 11.0. The van der Waals surface area contributed by atoms with Crippen LogP contribution >= 0.6 is 22.7 Å². The highest BCUT2D eigenvalue weighted by Crippen LogP contribution is 2.34. The van der Waals surface area contributed by atoms with E-state index >= 15 is 0 Å². The number of imidazole rings is 1. The van der Waals surface area contributed by atoms with Gasteiger partial charge in [-0.1, -0.05) is 22.7 Å². The van der Waals surface area contributed by atoms with Crippen LogP contribution in [0, 0.1) is 17.0 Å². The number of rotatable bonds is 5. The number of thiophene rings is 1. The van der Waals surface area contributed by atoms with Crippen LogP contribution < -0.4 is 5.32 Å². The lowest BCUT2D eigenvalue weighted by Gasteiger charge is -2.04. The molecule has 0 saturated heterocycles. The van der Waals surface area contributed by atoms with Crippen molar-refractivity contribution in [2.24, 2.45) is 0 Å². The second-order valence-electron chi connectivity index (χ2n) is 4.72. The summed E-state index contributed by atoms with van der Waals surface area (Å²) in [7, 11) is 0. The molecule has 130 valence electrons. The fourth-order valence-electron chi connectivity index (χ4n) is 2.01. The molecule has 1 amide bonds. The topological polar surface area (TPSA) is 103 Å². The first-order chi connectivity index (χ1) is 11.9. The van der Waals surface area contributed by atoms with Crippen LogP contribution in [0.15, 0.2) is 24.5 Å². The van der Waals surface area contributed by atoms with Crippen molar-refractivity contribution in [3.63, 3.8) is 0 Å². The molecule has 3 heterocycles. The van der Waals surface area contributed by atoms with Crippen molar-refractivity contribution in [1.82, 2.24) is 14.5 Å². The van der Waals surface area contributed by atoms with Crippen molar-refractivity contribution < 1.29 is 18.5 Å². The number of nitrogens with one attached hydrogen (secondary N) is 1. The highest BCUT2D eigenvalue weighted by Gasteiger charge is 2.21. The van der Waals surface area contributed by atoms with Gasteiger partial charge in [0.2, 0.25) is 0 Å². The summed E-state index contributed by atoms with van der Waals surface area (Å²) in [6.45, 7) is -1.13. The highest BCUT2D eigenvalue weighted by molar-refractivity contribution is 7.19. The summed E-state index contributed by atoms with van der Waals surface area (Å²) in [5.74, 6) is -0.507. The molecule has 0 fully saturated rings. The average Bonchev–Trinajstić information content (AvgIpc) is 3.25. The molecule has 1 N–H and O–H groups in total. The molecule has 8 nitrogen and oxygen atoms in total. The van der Waals surface area contributed by atoms with E-state index in [0.717, 1.165) is 28.9 Å². The maximum atomic E-state index is 13.0. The number of anilines is 1. The van der Waals surface area contributed by atoms with Crippen molar-refractivity contribution >= 4 is 38.7 Å². The Morgan fingerprint density at radius 3 is 2.80 bits per heavy atom. The van der Waals surface area contributed by atoms with Crippen LogP contribution in [0.4, 0.5) is 18.9 Å². The molecule has 0 aliphatic rings. The summed E-state index contributed by atoms with van der Waals surface area (Å²) in [5, 5.41) is 13.2. The first-order valence-electron chi connectivity index (χ1n) is 6.71. The number of nitro groups is 1. The number of amides is 1. The average molecular weight is 385 g/mol. The number of alkyl halides is 2. The first-order valence-corrected chi connectivity index (χ1v) is 8.34. The van der Waals surface area contributed by atoms with E-state index in [0.29, 0.717) is 15.1 Å². The van der Waals surface area contributed by atoms with Gasteiger partial charge in [-0.2, -0.15) is 8.78 Å². The maximum Gasteiger partial charge on any atom is 0.324 e. The largest absolute Gasteiger partial charge is 0.324 e. The molecule has 0 saturated carbocycles. The number of aromatic nitrogens is 3. The summed E-state index contributed by atoms with van der Waals surface area (Å²) in [6.07, 6.45) is 2.41. The number of hydrogen-bond donors (Lipinski definition) is 1. The second kappa shape index (κ2) is 6.64. The molecule has 0 spiro atoms. The summed E-state index contributed by atoms with van der Waals surface area (Å²) in [4.78, 5) is 30.8. The Labute approximate surface area is 146 Å². The predicted molar refractivity (Wildman–Crippen MR) is 88.3 cm³/mol. The van der Waals surface area contributed by atoms with Gasteiger partial charge < -0.3 is 0 Å². The zero-order valence-corrected chi connectivity index (χ0v) is 14.1. The van der Waals surface area contributed by atoms with Crippen molar-refractivity contribution in [1.29, 1.82) is 0 Å². The molecule has 0 aliphatic heterocycles. The molecule has 0 bridgehead atoms. The van der Waals surface area contributed by atoms with Gasteiger partial charge in [0.1, 0.15) is 0 Å². The number of nitrogens with zero attached hydrogens (tertiary/aromatic N) is 4. The molecular weight excluding hydrogens is 376 g/mol. The fraction of sp³-hybridized carbons (Fsp3) is 0.154. The molecule has 0 aromatic carbocycles. The third-order valence-corrected chi connectivity index (χ3v) is 5.20. The van der Waals surface area contributed by atoms with Crippen LogP contribution in [0.1, 0.15) is 21.9 Å². The smallest absolute Gasteiger partial charge is 0.297 e. The Hall–Kier alpha value is -2.73. The molecule has 25 heavy (non-hydrogen) atoms. The van der Waals surface area contributed by atoms with Crippen molar-refractivity contribution in [2.75, 3.05) is 5.32 Å². The summed E-state index contributed by atoms with van der Waals surface area (Å²) >= 11 is 1.73.